The molecule has 118 valence electrons. The minimum atomic E-state index is 0.605. The van der Waals surface area contributed by atoms with E-state index in [4.69, 9.17) is 4.74 Å². The minimum absolute atomic E-state index is 0.605. The van der Waals surface area contributed by atoms with Crippen LogP contribution in [0.1, 0.15) is 59.3 Å². The maximum absolute atomic E-state index is 5.86. The van der Waals surface area contributed by atoms with Gasteiger partial charge in [0, 0.05) is 6.04 Å². The second kappa shape index (κ2) is 8.31. The molecule has 1 N–H and O–H groups in total. The molecule has 0 bridgehead atoms. The fourth-order valence-electron chi connectivity index (χ4n) is 3.45. The minimum Gasteiger partial charge on any atom is -0.491 e. The number of ether oxygens (including phenoxy) is 1. The summed E-state index contributed by atoms with van der Waals surface area (Å²) in [7, 11) is 0. The summed E-state index contributed by atoms with van der Waals surface area (Å²) in [6.45, 7) is 7.61. The Hall–Kier alpha value is -1.18. The van der Waals surface area contributed by atoms with Crippen molar-refractivity contribution in [2.24, 2.45) is 11.8 Å². The van der Waals surface area contributed by atoms with Crippen molar-refractivity contribution in [2.75, 3.05) is 11.9 Å². The maximum atomic E-state index is 5.86. The van der Waals surface area contributed by atoms with E-state index < -0.39 is 0 Å². The van der Waals surface area contributed by atoms with Crippen molar-refractivity contribution in [3.8, 4) is 5.75 Å². The molecule has 2 atom stereocenters. The molecule has 0 radical (unpaired) electrons. The second-order valence-electron chi connectivity index (χ2n) is 6.85. The lowest BCUT2D eigenvalue weighted by atomic mass is 9.81. The van der Waals surface area contributed by atoms with E-state index in [1.165, 1.54) is 37.8 Å². The van der Waals surface area contributed by atoms with E-state index in [1.807, 2.05) is 0 Å². The van der Waals surface area contributed by atoms with Crippen LogP contribution in [0, 0.1) is 11.8 Å². The molecule has 2 unspecified atom stereocenters. The molecule has 2 rings (SSSR count). The van der Waals surface area contributed by atoms with Crippen LogP contribution in [0.4, 0.5) is 5.69 Å². The van der Waals surface area contributed by atoms with Gasteiger partial charge in [-0.3, -0.25) is 0 Å². The first-order valence-electron chi connectivity index (χ1n) is 8.67. The van der Waals surface area contributed by atoms with Crippen molar-refractivity contribution in [2.45, 2.75) is 65.3 Å². The highest BCUT2D eigenvalue weighted by atomic mass is 16.5. The summed E-state index contributed by atoms with van der Waals surface area (Å²) in [5.41, 5.74) is 1.17. The van der Waals surface area contributed by atoms with Gasteiger partial charge in [-0.25, -0.2) is 0 Å². The van der Waals surface area contributed by atoms with Crippen LogP contribution in [0.5, 0.6) is 5.75 Å². The van der Waals surface area contributed by atoms with Gasteiger partial charge >= 0.3 is 0 Å². The first kappa shape index (κ1) is 16.2. The topological polar surface area (TPSA) is 21.3 Å². The standard InChI is InChI=1S/C19H31NO/c1-4-12-21-19-11-6-5-10-18(19)20-17-9-7-8-16(14-17)13-15(2)3/h5-6,10-11,15-17,20H,4,7-9,12-14H2,1-3H3. The molecule has 1 saturated carbocycles. The Morgan fingerprint density at radius 2 is 2.05 bits per heavy atom. The molecule has 2 nitrogen and oxygen atoms in total. The number of hydrogen-bond donors (Lipinski definition) is 1. The van der Waals surface area contributed by atoms with Crippen molar-refractivity contribution >= 4 is 5.69 Å². The van der Waals surface area contributed by atoms with E-state index in [0.717, 1.165) is 30.6 Å². The first-order chi connectivity index (χ1) is 10.2. The number of nitrogens with one attached hydrogen (secondary N) is 1. The van der Waals surface area contributed by atoms with Gasteiger partial charge in [0.05, 0.1) is 12.3 Å². The van der Waals surface area contributed by atoms with Gasteiger partial charge in [-0.05, 0) is 49.7 Å². The Bertz CT molecular complexity index is 416. The molecule has 0 saturated heterocycles. The highest BCUT2D eigenvalue weighted by molar-refractivity contribution is 5.56. The van der Waals surface area contributed by atoms with E-state index in [-0.39, 0.29) is 0 Å². The summed E-state index contributed by atoms with van der Waals surface area (Å²) in [4.78, 5) is 0. The lowest BCUT2D eigenvalue weighted by Crippen LogP contribution is -2.28. The van der Waals surface area contributed by atoms with Crippen LogP contribution in [0.2, 0.25) is 0 Å². The number of hydrogen-bond acceptors (Lipinski definition) is 2. The summed E-state index contributed by atoms with van der Waals surface area (Å²) in [6.07, 6.45) is 7.77. The van der Waals surface area contributed by atoms with Gasteiger partial charge < -0.3 is 10.1 Å². The van der Waals surface area contributed by atoms with Crippen LogP contribution in [-0.4, -0.2) is 12.6 Å². The predicted molar refractivity (Wildman–Crippen MR) is 91.1 cm³/mol. The molecular formula is C19H31NO. The van der Waals surface area contributed by atoms with Gasteiger partial charge in [0.1, 0.15) is 5.75 Å². The zero-order chi connectivity index (χ0) is 15.1. The van der Waals surface area contributed by atoms with Gasteiger partial charge in [0.15, 0.2) is 0 Å². The molecule has 21 heavy (non-hydrogen) atoms. The maximum Gasteiger partial charge on any atom is 0.142 e. The molecule has 1 fully saturated rings. The van der Waals surface area contributed by atoms with Crippen molar-refractivity contribution < 1.29 is 4.74 Å². The summed E-state index contributed by atoms with van der Waals surface area (Å²) < 4.78 is 5.86. The van der Waals surface area contributed by atoms with Crippen LogP contribution in [-0.2, 0) is 0 Å². The van der Waals surface area contributed by atoms with Crippen LogP contribution in [0.3, 0.4) is 0 Å². The summed E-state index contributed by atoms with van der Waals surface area (Å²) in [5, 5.41) is 3.74. The molecular weight excluding hydrogens is 258 g/mol. The van der Waals surface area contributed by atoms with E-state index in [1.54, 1.807) is 0 Å². The Kier molecular flexibility index (Phi) is 6.41. The number of benzene rings is 1. The van der Waals surface area contributed by atoms with Gasteiger partial charge in [-0.15, -0.1) is 0 Å². The third-order valence-corrected chi connectivity index (χ3v) is 4.30. The van der Waals surface area contributed by atoms with Gasteiger partial charge in [-0.2, -0.15) is 0 Å². The Balaban J connectivity index is 1.94. The van der Waals surface area contributed by atoms with E-state index in [2.05, 4.69) is 50.4 Å². The Labute approximate surface area is 130 Å². The van der Waals surface area contributed by atoms with Crippen molar-refractivity contribution in [1.82, 2.24) is 0 Å². The molecule has 0 spiro atoms. The second-order valence-corrected chi connectivity index (χ2v) is 6.85. The average Bonchev–Trinajstić information content (AvgIpc) is 2.46. The quantitative estimate of drug-likeness (QED) is 0.716. The van der Waals surface area contributed by atoms with Crippen LogP contribution < -0.4 is 10.1 Å². The van der Waals surface area contributed by atoms with Crippen molar-refractivity contribution in [3.05, 3.63) is 24.3 Å². The van der Waals surface area contributed by atoms with E-state index in [9.17, 15) is 0 Å². The fraction of sp³-hybridized carbons (Fsp3) is 0.684. The predicted octanol–water partition coefficient (Wildman–Crippen LogP) is 5.49. The average molecular weight is 289 g/mol. The summed E-state index contributed by atoms with van der Waals surface area (Å²) >= 11 is 0. The van der Waals surface area contributed by atoms with Crippen molar-refractivity contribution in [1.29, 1.82) is 0 Å². The van der Waals surface area contributed by atoms with Crippen molar-refractivity contribution in [3.63, 3.8) is 0 Å². The Morgan fingerprint density at radius 3 is 2.81 bits per heavy atom. The zero-order valence-electron chi connectivity index (χ0n) is 13.9. The smallest absolute Gasteiger partial charge is 0.142 e. The van der Waals surface area contributed by atoms with Gasteiger partial charge in [-0.1, -0.05) is 45.7 Å². The number of para-hydroxylation sites is 2. The molecule has 0 aliphatic heterocycles. The zero-order valence-corrected chi connectivity index (χ0v) is 13.9. The normalized spacial score (nSPS) is 22.3. The molecule has 0 heterocycles. The SMILES string of the molecule is CCCOc1ccccc1NC1CCCC(CC(C)C)C1. The van der Waals surface area contributed by atoms with Crippen LogP contribution in [0.25, 0.3) is 0 Å². The highest BCUT2D eigenvalue weighted by Crippen LogP contribution is 2.33. The molecule has 1 aliphatic rings. The van der Waals surface area contributed by atoms with Gasteiger partial charge in [0.2, 0.25) is 0 Å². The third-order valence-electron chi connectivity index (χ3n) is 4.30. The summed E-state index contributed by atoms with van der Waals surface area (Å²) in [6, 6.07) is 8.98. The van der Waals surface area contributed by atoms with E-state index >= 15 is 0 Å². The van der Waals surface area contributed by atoms with Gasteiger partial charge in [0.25, 0.3) is 0 Å². The molecule has 1 aromatic rings. The van der Waals surface area contributed by atoms with E-state index in [0.29, 0.717) is 6.04 Å². The first-order valence-corrected chi connectivity index (χ1v) is 8.67. The molecule has 1 aromatic carbocycles. The molecule has 2 heteroatoms. The fourth-order valence-corrected chi connectivity index (χ4v) is 3.45. The lowest BCUT2D eigenvalue weighted by Gasteiger charge is -2.31. The summed E-state index contributed by atoms with van der Waals surface area (Å²) in [5.74, 6) is 2.71. The largest absolute Gasteiger partial charge is 0.491 e. The van der Waals surface area contributed by atoms with Crippen LogP contribution in [0.15, 0.2) is 24.3 Å². The third kappa shape index (κ3) is 5.26. The molecule has 1 aliphatic carbocycles. The lowest BCUT2D eigenvalue weighted by molar-refractivity contribution is 0.287. The highest BCUT2D eigenvalue weighted by Gasteiger charge is 2.23. The number of anilines is 1. The Morgan fingerprint density at radius 1 is 1.24 bits per heavy atom. The molecule has 0 amide bonds. The number of rotatable bonds is 7. The van der Waals surface area contributed by atoms with Crippen LogP contribution >= 0.6 is 0 Å². The molecule has 0 aromatic heterocycles. The monoisotopic (exact) mass is 289 g/mol.